The lowest BCUT2D eigenvalue weighted by Crippen LogP contribution is -1.99. The van der Waals surface area contributed by atoms with Gasteiger partial charge in [0.2, 0.25) is 0 Å². The molecule has 96 valence electrons. The fraction of sp³-hybridized carbons (Fsp3) is 0.263. The molecule has 0 N–H and O–H groups in total. The first kappa shape index (κ1) is 12.2. The Morgan fingerprint density at radius 2 is 1.58 bits per heavy atom. The monoisotopic (exact) mass is 248 g/mol. The van der Waals surface area contributed by atoms with Crippen molar-refractivity contribution in [1.29, 1.82) is 0 Å². The van der Waals surface area contributed by atoms with Crippen LogP contribution >= 0.6 is 0 Å². The number of hydrogen-bond donors (Lipinski definition) is 0. The zero-order valence-electron chi connectivity index (χ0n) is 12.2. The summed E-state index contributed by atoms with van der Waals surface area (Å²) in [6, 6.07) is 11.1. The Balaban J connectivity index is 2.23. The van der Waals surface area contributed by atoms with Gasteiger partial charge in [-0.1, -0.05) is 36.4 Å². The quantitative estimate of drug-likeness (QED) is 0.672. The molecule has 1 aliphatic carbocycles. The third-order valence-corrected chi connectivity index (χ3v) is 4.46. The molecule has 2 aromatic rings. The standard InChI is InChI=1S/C19H20/c1-12-11-13(2)19(15(4)14(12)3)18-10-9-16-7-5-6-8-17(16)18/h5-8,10-11H,9H2,1-4H3. The highest BCUT2D eigenvalue weighted by atomic mass is 14.2. The molecule has 0 radical (unpaired) electrons. The number of aryl methyl sites for hydroxylation is 2. The lowest BCUT2D eigenvalue weighted by Gasteiger charge is -2.17. The van der Waals surface area contributed by atoms with E-state index in [2.05, 4.69) is 64.1 Å². The summed E-state index contributed by atoms with van der Waals surface area (Å²) in [5.41, 5.74) is 11.4. The van der Waals surface area contributed by atoms with Crippen LogP contribution in [0.1, 0.15) is 38.9 Å². The first-order valence-corrected chi connectivity index (χ1v) is 6.96. The molecule has 3 rings (SSSR count). The van der Waals surface area contributed by atoms with Crippen LogP contribution in [0.25, 0.3) is 5.57 Å². The minimum absolute atomic E-state index is 1.07. The maximum absolute atomic E-state index is 2.38. The van der Waals surface area contributed by atoms with Crippen molar-refractivity contribution in [3.05, 3.63) is 75.4 Å². The van der Waals surface area contributed by atoms with Gasteiger partial charge < -0.3 is 0 Å². The molecule has 0 spiro atoms. The number of fused-ring (bicyclic) bond motifs is 1. The van der Waals surface area contributed by atoms with Gasteiger partial charge in [0.25, 0.3) is 0 Å². The second kappa shape index (κ2) is 4.38. The summed E-state index contributed by atoms with van der Waals surface area (Å²) in [5, 5.41) is 0. The number of hydrogen-bond acceptors (Lipinski definition) is 0. The highest BCUT2D eigenvalue weighted by Gasteiger charge is 2.19. The summed E-state index contributed by atoms with van der Waals surface area (Å²) < 4.78 is 0. The minimum Gasteiger partial charge on any atom is -0.0716 e. The number of rotatable bonds is 1. The first-order chi connectivity index (χ1) is 9.09. The zero-order chi connectivity index (χ0) is 13.6. The van der Waals surface area contributed by atoms with E-state index >= 15 is 0 Å². The molecule has 0 saturated carbocycles. The Bertz CT molecular complexity index is 687. The molecule has 0 aliphatic heterocycles. The van der Waals surface area contributed by atoms with E-state index in [4.69, 9.17) is 0 Å². The summed E-state index contributed by atoms with van der Waals surface area (Å²) in [4.78, 5) is 0. The normalized spacial score (nSPS) is 13.4. The SMILES string of the molecule is Cc1cc(C)c(C2=CCc3ccccc32)c(C)c1C. The van der Waals surface area contributed by atoms with Crippen LogP contribution in [0.3, 0.4) is 0 Å². The highest BCUT2D eigenvalue weighted by molar-refractivity contribution is 5.87. The van der Waals surface area contributed by atoms with Crippen molar-refractivity contribution in [3.8, 4) is 0 Å². The summed E-state index contributed by atoms with van der Waals surface area (Å²) in [7, 11) is 0. The van der Waals surface area contributed by atoms with Gasteiger partial charge in [-0.15, -0.1) is 0 Å². The Kier molecular flexibility index (Phi) is 2.82. The molecule has 0 heteroatoms. The molecule has 0 nitrogen and oxygen atoms in total. The Morgan fingerprint density at radius 1 is 0.842 bits per heavy atom. The van der Waals surface area contributed by atoms with E-state index in [1.165, 1.54) is 44.5 Å². The van der Waals surface area contributed by atoms with Gasteiger partial charge in [0.15, 0.2) is 0 Å². The Hall–Kier alpha value is -1.82. The van der Waals surface area contributed by atoms with Gasteiger partial charge in [-0.3, -0.25) is 0 Å². The second-order valence-electron chi connectivity index (χ2n) is 5.61. The second-order valence-corrected chi connectivity index (χ2v) is 5.61. The Morgan fingerprint density at radius 3 is 2.37 bits per heavy atom. The maximum atomic E-state index is 2.38. The average Bonchev–Trinajstić information content (AvgIpc) is 2.81. The fourth-order valence-electron chi connectivity index (χ4n) is 3.22. The van der Waals surface area contributed by atoms with E-state index in [0.29, 0.717) is 0 Å². The molecule has 19 heavy (non-hydrogen) atoms. The largest absolute Gasteiger partial charge is 0.0716 e. The minimum atomic E-state index is 1.07. The summed E-state index contributed by atoms with van der Waals surface area (Å²) in [6.07, 6.45) is 3.45. The van der Waals surface area contributed by atoms with Crippen molar-refractivity contribution in [2.24, 2.45) is 0 Å². The summed E-state index contributed by atoms with van der Waals surface area (Å²) >= 11 is 0. The van der Waals surface area contributed by atoms with Gasteiger partial charge in [0, 0.05) is 0 Å². The lowest BCUT2D eigenvalue weighted by molar-refractivity contribution is 1.21. The van der Waals surface area contributed by atoms with E-state index in [-0.39, 0.29) is 0 Å². The van der Waals surface area contributed by atoms with Gasteiger partial charge in [0.1, 0.15) is 0 Å². The molecule has 2 aromatic carbocycles. The van der Waals surface area contributed by atoms with Crippen LogP contribution in [-0.2, 0) is 6.42 Å². The summed E-state index contributed by atoms with van der Waals surface area (Å²) in [6.45, 7) is 8.92. The third kappa shape index (κ3) is 1.83. The third-order valence-electron chi connectivity index (χ3n) is 4.46. The lowest BCUT2D eigenvalue weighted by atomic mass is 9.88. The number of allylic oxidation sites excluding steroid dienone is 1. The number of benzene rings is 2. The smallest absolute Gasteiger partial charge is 0.00819 e. The van der Waals surface area contributed by atoms with Gasteiger partial charge in [0.05, 0.1) is 0 Å². The van der Waals surface area contributed by atoms with Crippen molar-refractivity contribution in [2.45, 2.75) is 34.1 Å². The van der Waals surface area contributed by atoms with Crippen LogP contribution in [-0.4, -0.2) is 0 Å². The van der Waals surface area contributed by atoms with Crippen LogP contribution < -0.4 is 0 Å². The van der Waals surface area contributed by atoms with Crippen LogP contribution in [0.15, 0.2) is 36.4 Å². The molecule has 0 aromatic heterocycles. The van der Waals surface area contributed by atoms with E-state index in [0.717, 1.165) is 6.42 Å². The van der Waals surface area contributed by atoms with Crippen molar-refractivity contribution in [1.82, 2.24) is 0 Å². The van der Waals surface area contributed by atoms with Gasteiger partial charge >= 0.3 is 0 Å². The van der Waals surface area contributed by atoms with Crippen molar-refractivity contribution >= 4 is 5.57 Å². The molecule has 0 fully saturated rings. The molecule has 0 bridgehead atoms. The van der Waals surface area contributed by atoms with Crippen LogP contribution in [0.2, 0.25) is 0 Å². The molecule has 0 unspecified atom stereocenters. The molecule has 0 atom stereocenters. The Labute approximate surface area is 115 Å². The molecule has 0 saturated heterocycles. The van der Waals surface area contributed by atoms with Gasteiger partial charge in [-0.2, -0.15) is 0 Å². The molecule has 1 aliphatic rings. The van der Waals surface area contributed by atoms with E-state index in [1.54, 1.807) is 0 Å². The molecule has 0 heterocycles. The van der Waals surface area contributed by atoms with Crippen LogP contribution in [0, 0.1) is 27.7 Å². The van der Waals surface area contributed by atoms with Gasteiger partial charge in [-0.05, 0) is 78.6 Å². The van der Waals surface area contributed by atoms with Crippen molar-refractivity contribution in [2.75, 3.05) is 0 Å². The first-order valence-electron chi connectivity index (χ1n) is 6.96. The van der Waals surface area contributed by atoms with Crippen molar-refractivity contribution < 1.29 is 0 Å². The van der Waals surface area contributed by atoms with E-state index < -0.39 is 0 Å². The zero-order valence-corrected chi connectivity index (χ0v) is 12.2. The van der Waals surface area contributed by atoms with Crippen molar-refractivity contribution in [3.63, 3.8) is 0 Å². The summed E-state index contributed by atoms with van der Waals surface area (Å²) in [5.74, 6) is 0. The molecule has 0 amide bonds. The maximum Gasteiger partial charge on any atom is -0.00819 e. The predicted octanol–water partition coefficient (Wildman–Crippen LogP) is 4.91. The molecular formula is C19H20. The fourth-order valence-corrected chi connectivity index (χ4v) is 3.22. The predicted molar refractivity (Wildman–Crippen MR) is 82.6 cm³/mol. The van der Waals surface area contributed by atoms with Crippen LogP contribution in [0.5, 0.6) is 0 Å². The highest BCUT2D eigenvalue weighted by Crippen LogP contribution is 2.37. The van der Waals surface area contributed by atoms with E-state index in [9.17, 15) is 0 Å². The average molecular weight is 248 g/mol. The van der Waals surface area contributed by atoms with Crippen LogP contribution in [0.4, 0.5) is 0 Å². The topological polar surface area (TPSA) is 0 Å². The molecular weight excluding hydrogens is 228 g/mol. The van der Waals surface area contributed by atoms with Gasteiger partial charge in [-0.25, -0.2) is 0 Å². The van der Waals surface area contributed by atoms with E-state index in [1.807, 2.05) is 0 Å².